The molecule has 110 valence electrons. The van der Waals surface area contributed by atoms with E-state index >= 15 is 0 Å². The second kappa shape index (κ2) is 6.89. The number of benzene rings is 1. The largest absolute Gasteiger partial charge is 0.441 e. The van der Waals surface area contributed by atoms with Crippen molar-refractivity contribution in [2.24, 2.45) is 17.6 Å². The van der Waals surface area contributed by atoms with Gasteiger partial charge in [0.05, 0.1) is 0 Å². The van der Waals surface area contributed by atoms with Gasteiger partial charge in [0.1, 0.15) is 5.52 Å². The molecule has 0 amide bonds. The monoisotopic (exact) mass is 274 g/mol. The van der Waals surface area contributed by atoms with Crippen LogP contribution in [0, 0.1) is 11.8 Å². The zero-order valence-electron chi connectivity index (χ0n) is 12.9. The number of nitrogens with zero attached hydrogens (tertiary/aromatic N) is 1. The van der Waals surface area contributed by atoms with Gasteiger partial charge in [-0.25, -0.2) is 4.98 Å². The van der Waals surface area contributed by atoms with E-state index in [0.29, 0.717) is 11.8 Å². The van der Waals surface area contributed by atoms with Crippen LogP contribution in [0.2, 0.25) is 0 Å². The highest BCUT2D eigenvalue weighted by Gasteiger charge is 2.14. The predicted octanol–water partition coefficient (Wildman–Crippen LogP) is 3.94. The van der Waals surface area contributed by atoms with Gasteiger partial charge in [-0.05, 0) is 55.3 Å². The molecule has 1 aromatic heterocycles. The topological polar surface area (TPSA) is 52.0 Å². The Bertz CT molecular complexity index is 545. The predicted molar refractivity (Wildman–Crippen MR) is 83.7 cm³/mol. The lowest BCUT2D eigenvalue weighted by atomic mass is 9.88. The van der Waals surface area contributed by atoms with E-state index in [1.54, 1.807) is 0 Å². The maximum Gasteiger partial charge on any atom is 0.195 e. The Morgan fingerprint density at radius 1 is 1.25 bits per heavy atom. The average molecular weight is 274 g/mol. The van der Waals surface area contributed by atoms with Crippen molar-refractivity contribution in [3.05, 3.63) is 29.7 Å². The Balaban J connectivity index is 2.06. The minimum atomic E-state index is 0.654. The molecule has 0 aliphatic heterocycles. The molecule has 2 N–H and O–H groups in total. The fourth-order valence-corrected chi connectivity index (χ4v) is 2.68. The average Bonchev–Trinajstić information content (AvgIpc) is 2.84. The lowest BCUT2D eigenvalue weighted by Crippen LogP contribution is -2.15. The van der Waals surface area contributed by atoms with E-state index in [9.17, 15) is 0 Å². The lowest BCUT2D eigenvalue weighted by molar-refractivity contribution is 0.330. The quantitative estimate of drug-likeness (QED) is 0.832. The maximum atomic E-state index is 5.83. The minimum absolute atomic E-state index is 0.654. The van der Waals surface area contributed by atoms with E-state index in [1.807, 2.05) is 6.07 Å². The third-order valence-electron chi connectivity index (χ3n) is 4.11. The number of nitrogens with two attached hydrogens (primary N) is 1. The molecule has 1 aromatic carbocycles. The standard InChI is InChI=1S/C17H26N2O/c1-4-13-5-7-16-15(11-13)19-17(20-16)8-6-14(9-10-18)12(2)3/h5,7,11-12,14H,4,6,8-10,18H2,1-3H3. The molecule has 3 heteroatoms. The Hall–Kier alpha value is -1.35. The van der Waals surface area contributed by atoms with Crippen LogP contribution in [-0.2, 0) is 12.8 Å². The van der Waals surface area contributed by atoms with Crippen LogP contribution in [0.5, 0.6) is 0 Å². The normalized spacial score (nSPS) is 13.2. The number of rotatable bonds is 7. The molecule has 0 bridgehead atoms. The van der Waals surface area contributed by atoms with Crippen LogP contribution in [-0.4, -0.2) is 11.5 Å². The molecular formula is C17H26N2O. The Morgan fingerprint density at radius 2 is 2.05 bits per heavy atom. The summed E-state index contributed by atoms with van der Waals surface area (Å²) in [5, 5.41) is 0. The van der Waals surface area contributed by atoms with Gasteiger partial charge in [-0.15, -0.1) is 0 Å². The number of oxazole rings is 1. The van der Waals surface area contributed by atoms with Crippen LogP contribution in [0.1, 0.15) is 45.1 Å². The zero-order chi connectivity index (χ0) is 14.5. The van der Waals surface area contributed by atoms with E-state index in [0.717, 1.165) is 49.2 Å². The smallest absolute Gasteiger partial charge is 0.195 e. The number of fused-ring (bicyclic) bond motifs is 1. The second-order valence-electron chi connectivity index (χ2n) is 5.88. The zero-order valence-corrected chi connectivity index (χ0v) is 12.9. The van der Waals surface area contributed by atoms with Crippen LogP contribution in [0.15, 0.2) is 22.6 Å². The van der Waals surface area contributed by atoms with Gasteiger partial charge in [-0.3, -0.25) is 0 Å². The summed E-state index contributed by atoms with van der Waals surface area (Å²) in [6, 6.07) is 6.27. The number of aromatic nitrogens is 1. The fraction of sp³-hybridized carbons (Fsp3) is 0.588. The third kappa shape index (κ3) is 3.60. The van der Waals surface area contributed by atoms with Crippen LogP contribution in [0.4, 0.5) is 0 Å². The summed E-state index contributed by atoms with van der Waals surface area (Å²) in [7, 11) is 0. The summed E-state index contributed by atoms with van der Waals surface area (Å²) in [4.78, 5) is 4.61. The molecule has 0 radical (unpaired) electrons. The highest BCUT2D eigenvalue weighted by atomic mass is 16.3. The molecule has 1 atom stereocenters. The van der Waals surface area contributed by atoms with Crippen molar-refractivity contribution in [2.75, 3.05) is 6.54 Å². The first-order chi connectivity index (χ1) is 9.63. The molecular weight excluding hydrogens is 248 g/mol. The first-order valence-electron chi connectivity index (χ1n) is 7.72. The molecule has 20 heavy (non-hydrogen) atoms. The summed E-state index contributed by atoms with van der Waals surface area (Å²) >= 11 is 0. The van der Waals surface area contributed by atoms with Crippen molar-refractivity contribution in [2.45, 2.75) is 46.5 Å². The molecule has 0 aliphatic rings. The van der Waals surface area contributed by atoms with E-state index in [4.69, 9.17) is 10.2 Å². The summed E-state index contributed by atoms with van der Waals surface area (Å²) in [5.74, 6) is 2.17. The molecule has 0 saturated heterocycles. The van der Waals surface area contributed by atoms with E-state index in [2.05, 4.69) is 37.9 Å². The molecule has 0 aliphatic carbocycles. The van der Waals surface area contributed by atoms with E-state index < -0.39 is 0 Å². The van der Waals surface area contributed by atoms with Gasteiger partial charge in [-0.1, -0.05) is 26.8 Å². The van der Waals surface area contributed by atoms with Crippen molar-refractivity contribution in [1.29, 1.82) is 0 Å². The summed E-state index contributed by atoms with van der Waals surface area (Å²) in [6.07, 6.45) is 4.11. The van der Waals surface area contributed by atoms with Crippen molar-refractivity contribution in [1.82, 2.24) is 4.98 Å². The van der Waals surface area contributed by atoms with Gasteiger partial charge in [0.2, 0.25) is 0 Å². The minimum Gasteiger partial charge on any atom is -0.441 e. The molecule has 0 saturated carbocycles. The van der Waals surface area contributed by atoms with Gasteiger partial charge in [0.15, 0.2) is 11.5 Å². The maximum absolute atomic E-state index is 5.83. The van der Waals surface area contributed by atoms with Gasteiger partial charge in [0, 0.05) is 6.42 Å². The third-order valence-corrected chi connectivity index (χ3v) is 4.11. The van der Waals surface area contributed by atoms with E-state index in [1.165, 1.54) is 5.56 Å². The van der Waals surface area contributed by atoms with Gasteiger partial charge < -0.3 is 10.2 Å². The number of hydrogen-bond donors (Lipinski definition) is 1. The van der Waals surface area contributed by atoms with Crippen molar-refractivity contribution in [3.8, 4) is 0 Å². The molecule has 1 heterocycles. The number of hydrogen-bond acceptors (Lipinski definition) is 3. The first-order valence-corrected chi connectivity index (χ1v) is 7.72. The van der Waals surface area contributed by atoms with Crippen LogP contribution >= 0.6 is 0 Å². The Labute approximate surface area is 121 Å². The summed E-state index contributed by atoms with van der Waals surface area (Å²) in [5.41, 5.74) is 8.88. The van der Waals surface area contributed by atoms with Crippen LogP contribution in [0.25, 0.3) is 11.1 Å². The van der Waals surface area contributed by atoms with Crippen molar-refractivity contribution >= 4 is 11.1 Å². The first kappa shape index (κ1) is 15.0. The van der Waals surface area contributed by atoms with E-state index in [-0.39, 0.29) is 0 Å². The van der Waals surface area contributed by atoms with Crippen molar-refractivity contribution < 1.29 is 4.42 Å². The van der Waals surface area contributed by atoms with Crippen molar-refractivity contribution in [3.63, 3.8) is 0 Å². The SMILES string of the molecule is CCc1ccc2oc(CCC(CCN)C(C)C)nc2c1. The molecule has 1 unspecified atom stereocenters. The summed E-state index contributed by atoms with van der Waals surface area (Å²) < 4.78 is 5.83. The second-order valence-corrected chi connectivity index (χ2v) is 5.88. The summed E-state index contributed by atoms with van der Waals surface area (Å²) in [6.45, 7) is 7.44. The Morgan fingerprint density at radius 3 is 2.70 bits per heavy atom. The molecule has 3 nitrogen and oxygen atoms in total. The van der Waals surface area contributed by atoms with Crippen LogP contribution < -0.4 is 5.73 Å². The fourth-order valence-electron chi connectivity index (χ4n) is 2.68. The van der Waals surface area contributed by atoms with Crippen LogP contribution in [0.3, 0.4) is 0 Å². The number of aryl methyl sites for hydroxylation is 2. The highest BCUT2D eigenvalue weighted by Crippen LogP contribution is 2.23. The van der Waals surface area contributed by atoms with Gasteiger partial charge in [0.25, 0.3) is 0 Å². The van der Waals surface area contributed by atoms with Gasteiger partial charge >= 0.3 is 0 Å². The lowest BCUT2D eigenvalue weighted by Gasteiger charge is -2.18. The highest BCUT2D eigenvalue weighted by molar-refractivity contribution is 5.73. The molecule has 0 fully saturated rings. The molecule has 0 spiro atoms. The van der Waals surface area contributed by atoms with Gasteiger partial charge in [-0.2, -0.15) is 0 Å². The molecule has 2 rings (SSSR count). The Kier molecular flexibility index (Phi) is 5.18. The molecule has 2 aromatic rings.